The van der Waals surface area contributed by atoms with Crippen LogP contribution in [-0.2, 0) is 4.79 Å². The van der Waals surface area contributed by atoms with E-state index in [1.54, 1.807) is 42.2 Å². The number of hydrogen-bond donors (Lipinski definition) is 0. The third-order valence-corrected chi connectivity index (χ3v) is 5.91. The molecule has 1 aliphatic heterocycles. The van der Waals surface area contributed by atoms with E-state index in [4.69, 9.17) is 0 Å². The molecule has 1 atom stereocenters. The molecule has 0 unspecified atom stereocenters. The molecule has 1 aliphatic rings. The van der Waals surface area contributed by atoms with Gasteiger partial charge in [-0.25, -0.2) is 9.36 Å². The van der Waals surface area contributed by atoms with Crippen molar-refractivity contribution in [3.63, 3.8) is 0 Å². The quantitative estimate of drug-likeness (QED) is 0.690. The molecule has 150 valence electrons. The molecule has 1 fully saturated rings. The Kier molecular flexibility index (Phi) is 4.86. The van der Waals surface area contributed by atoms with Gasteiger partial charge in [-0.3, -0.25) is 14.2 Å². The first-order chi connectivity index (χ1) is 13.9. The van der Waals surface area contributed by atoms with Crippen molar-refractivity contribution in [1.29, 1.82) is 0 Å². The Hall–Kier alpha value is -3.15. The number of carbonyl (C=O) groups is 1. The first kappa shape index (κ1) is 19.2. The smallest absolute Gasteiger partial charge is 0.336 e. The van der Waals surface area contributed by atoms with Crippen molar-refractivity contribution in [3.05, 3.63) is 74.4 Å². The van der Waals surface area contributed by atoms with Crippen LogP contribution in [-0.4, -0.2) is 33.0 Å². The van der Waals surface area contributed by atoms with Crippen molar-refractivity contribution < 1.29 is 4.79 Å². The number of para-hydroxylation sites is 1. The minimum absolute atomic E-state index is 0.0833. The molecule has 0 aliphatic carbocycles. The topological polar surface area (TPSA) is 64.3 Å². The lowest BCUT2D eigenvalue weighted by atomic mass is 10.1. The summed E-state index contributed by atoms with van der Waals surface area (Å²) in [5.74, 6) is -0.0833. The average Bonchev–Trinajstić information content (AvgIpc) is 3.25. The van der Waals surface area contributed by atoms with Crippen LogP contribution in [0.15, 0.2) is 52.1 Å². The van der Waals surface area contributed by atoms with E-state index in [0.717, 1.165) is 24.0 Å². The highest BCUT2D eigenvalue weighted by Crippen LogP contribution is 2.19. The second-order valence-electron chi connectivity index (χ2n) is 7.79. The number of nitrogens with zero attached hydrogens (tertiary/aromatic N) is 3. The van der Waals surface area contributed by atoms with E-state index in [-0.39, 0.29) is 11.5 Å². The molecule has 6 nitrogen and oxygen atoms in total. The van der Waals surface area contributed by atoms with Gasteiger partial charge in [0.1, 0.15) is 6.04 Å². The molecule has 0 spiro atoms. The Morgan fingerprint density at radius 2 is 1.66 bits per heavy atom. The summed E-state index contributed by atoms with van der Waals surface area (Å²) in [4.78, 5) is 41.6. The minimum Gasteiger partial charge on any atom is -0.341 e. The lowest BCUT2D eigenvalue weighted by Crippen LogP contribution is -2.44. The highest BCUT2D eigenvalue weighted by molar-refractivity contribution is 5.84. The second kappa shape index (κ2) is 7.35. The molecule has 0 bridgehead atoms. The van der Waals surface area contributed by atoms with Gasteiger partial charge in [0.05, 0.1) is 16.6 Å². The molecule has 1 saturated heterocycles. The molecule has 2 aromatic carbocycles. The summed E-state index contributed by atoms with van der Waals surface area (Å²) < 4.78 is 2.65. The zero-order valence-corrected chi connectivity index (χ0v) is 17.0. The van der Waals surface area contributed by atoms with E-state index in [2.05, 4.69) is 0 Å². The fraction of sp³-hybridized carbons (Fsp3) is 0.348. The van der Waals surface area contributed by atoms with E-state index in [1.165, 1.54) is 9.13 Å². The van der Waals surface area contributed by atoms with E-state index in [9.17, 15) is 14.4 Å². The van der Waals surface area contributed by atoms with Crippen molar-refractivity contribution >= 4 is 16.8 Å². The Balaban J connectivity index is 1.99. The third kappa shape index (κ3) is 3.18. The Bertz CT molecular complexity index is 1220. The van der Waals surface area contributed by atoms with E-state index >= 15 is 0 Å². The van der Waals surface area contributed by atoms with Crippen molar-refractivity contribution in [2.24, 2.45) is 0 Å². The second-order valence-corrected chi connectivity index (χ2v) is 7.79. The van der Waals surface area contributed by atoms with Gasteiger partial charge < -0.3 is 4.90 Å². The van der Waals surface area contributed by atoms with Crippen LogP contribution in [0.25, 0.3) is 16.6 Å². The van der Waals surface area contributed by atoms with Crippen LogP contribution in [0.3, 0.4) is 0 Å². The first-order valence-electron chi connectivity index (χ1n) is 10.0. The molecular weight excluding hydrogens is 366 g/mol. The normalized spacial score (nSPS) is 15.1. The molecular formula is C23H25N3O3. The molecule has 1 aromatic heterocycles. The molecule has 0 saturated carbocycles. The Morgan fingerprint density at radius 3 is 2.34 bits per heavy atom. The number of rotatable bonds is 3. The summed E-state index contributed by atoms with van der Waals surface area (Å²) >= 11 is 0. The number of amides is 1. The highest BCUT2D eigenvalue weighted by Gasteiger charge is 2.27. The van der Waals surface area contributed by atoms with Gasteiger partial charge in [0, 0.05) is 13.1 Å². The molecule has 29 heavy (non-hydrogen) atoms. The number of aryl methyl sites for hydroxylation is 2. The summed E-state index contributed by atoms with van der Waals surface area (Å²) in [5, 5.41) is 0.423. The van der Waals surface area contributed by atoms with Gasteiger partial charge in [0.2, 0.25) is 5.91 Å². The average molecular weight is 391 g/mol. The van der Waals surface area contributed by atoms with Crippen LogP contribution in [0.1, 0.15) is 36.9 Å². The van der Waals surface area contributed by atoms with Gasteiger partial charge in [-0.15, -0.1) is 0 Å². The van der Waals surface area contributed by atoms with Gasteiger partial charge >= 0.3 is 5.69 Å². The van der Waals surface area contributed by atoms with E-state index in [1.807, 2.05) is 26.0 Å². The monoisotopic (exact) mass is 391 g/mol. The summed E-state index contributed by atoms with van der Waals surface area (Å²) in [5.41, 5.74) is 2.23. The number of aromatic nitrogens is 2. The summed E-state index contributed by atoms with van der Waals surface area (Å²) in [6.45, 7) is 7.10. The van der Waals surface area contributed by atoms with Crippen LogP contribution in [0.4, 0.5) is 0 Å². The van der Waals surface area contributed by atoms with Crippen molar-refractivity contribution in [3.8, 4) is 5.69 Å². The van der Waals surface area contributed by atoms with Crippen molar-refractivity contribution in [1.82, 2.24) is 14.0 Å². The molecule has 1 amide bonds. The van der Waals surface area contributed by atoms with Gasteiger partial charge in [-0.05, 0) is 69.0 Å². The minimum atomic E-state index is -0.691. The summed E-state index contributed by atoms with van der Waals surface area (Å²) in [6, 6.07) is 11.8. The Labute approximate surface area is 169 Å². The molecule has 2 heterocycles. The third-order valence-electron chi connectivity index (χ3n) is 5.91. The Morgan fingerprint density at radius 1 is 0.966 bits per heavy atom. The fourth-order valence-electron chi connectivity index (χ4n) is 4.06. The molecule has 0 radical (unpaired) electrons. The maximum Gasteiger partial charge on any atom is 0.336 e. The van der Waals surface area contributed by atoms with E-state index in [0.29, 0.717) is 29.7 Å². The standard InChI is InChI=1S/C23H25N3O3/c1-15-10-11-18(14-16(15)2)26-22(28)19-8-4-5-9-20(19)25(23(26)29)17(3)21(27)24-12-6-7-13-24/h4-5,8-11,14,17H,6-7,12-13H2,1-3H3/t17-/m1/s1. The molecule has 4 rings (SSSR count). The molecule has 0 N–H and O–H groups in total. The SMILES string of the molecule is Cc1ccc(-n2c(=O)c3ccccc3n([C@H](C)C(=O)N3CCCC3)c2=O)cc1C. The van der Waals surface area contributed by atoms with E-state index < -0.39 is 11.7 Å². The van der Waals surface area contributed by atoms with Crippen LogP contribution in [0, 0.1) is 13.8 Å². The number of carbonyl (C=O) groups excluding carboxylic acids is 1. The fourth-order valence-corrected chi connectivity index (χ4v) is 4.06. The van der Waals surface area contributed by atoms with Gasteiger partial charge in [-0.1, -0.05) is 18.2 Å². The maximum atomic E-state index is 13.5. The summed E-state index contributed by atoms with van der Waals surface area (Å²) in [6.07, 6.45) is 1.96. The van der Waals surface area contributed by atoms with Crippen LogP contribution in [0.5, 0.6) is 0 Å². The molecule has 3 aromatic rings. The number of benzene rings is 2. The van der Waals surface area contributed by atoms with Gasteiger partial charge in [0.25, 0.3) is 5.56 Å². The number of hydrogen-bond acceptors (Lipinski definition) is 3. The predicted molar refractivity (Wildman–Crippen MR) is 114 cm³/mol. The largest absolute Gasteiger partial charge is 0.341 e. The highest BCUT2D eigenvalue weighted by atomic mass is 16.2. The summed E-state index contributed by atoms with van der Waals surface area (Å²) in [7, 11) is 0. The van der Waals surface area contributed by atoms with Crippen molar-refractivity contribution in [2.45, 2.75) is 39.7 Å². The number of likely N-dealkylation sites (tertiary alicyclic amines) is 1. The van der Waals surface area contributed by atoms with Crippen LogP contribution < -0.4 is 11.2 Å². The number of fused-ring (bicyclic) bond motifs is 1. The zero-order valence-electron chi connectivity index (χ0n) is 17.0. The zero-order chi connectivity index (χ0) is 20.7. The van der Waals surface area contributed by atoms with Crippen LogP contribution in [0.2, 0.25) is 0 Å². The van der Waals surface area contributed by atoms with Crippen molar-refractivity contribution in [2.75, 3.05) is 13.1 Å². The van der Waals surface area contributed by atoms with Crippen LogP contribution >= 0.6 is 0 Å². The van der Waals surface area contributed by atoms with Gasteiger partial charge in [0.15, 0.2) is 0 Å². The molecule has 6 heteroatoms. The van der Waals surface area contributed by atoms with Gasteiger partial charge in [-0.2, -0.15) is 0 Å². The lowest BCUT2D eigenvalue weighted by molar-refractivity contribution is -0.133. The lowest BCUT2D eigenvalue weighted by Gasteiger charge is -2.24. The predicted octanol–water partition coefficient (Wildman–Crippen LogP) is 2.95. The maximum absolute atomic E-state index is 13.5. The first-order valence-corrected chi connectivity index (χ1v) is 10.0.